The number of benzene rings is 14. The van der Waals surface area contributed by atoms with E-state index < -0.39 is 0 Å². The Morgan fingerprint density at radius 1 is 0.259 bits per heavy atom. The third-order valence-corrected chi connectivity index (χ3v) is 18.8. The molecule has 0 unspecified atom stereocenters. The maximum atomic E-state index is 5.60. The second-order valence-electron chi connectivity index (χ2n) is 21.2. The van der Waals surface area contributed by atoms with Gasteiger partial charge in [0, 0.05) is 61.9 Å². The van der Waals surface area contributed by atoms with E-state index in [9.17, 15) is 0 Å². The van der Waals surface area contributed by atoms with Crippen molar-refractivity contribution in [1.29, 1.82) is 0 Å². The first-order valence-electron chi connectivity index (χ1n) is 28.5. The van der Waals surface area contributed by atoms with Crippen molar-refractivity contribution in [3.63, 3.8) is 0 Å². The first-order chi connectivity index (χ1) is 41.9. The highest BCUT2D eigenvalue weighted by molar-refractivity contribution is 9.10. The molecular formula is C80H55BrN2S2. The van der Waals surface area contributed by atoms with Gasteiger partial charge in [-0.05, 0) is 149 Å². The second kappa shape index (κ2) is 23.8. The summed E-state index contributed by atoms with van der Waals surface area (Å²) in [5.74, 6) is 0. The van der Waals surface area contributed by atoms with Crippen LogP contribution in [0, 0.1) is 0 Å². The molecule has 2 nitrogen and oxygen atoms in total. The molecule has 5 heteroatoms. The second-order valence-corrected chi connectivity index (χ2v) is 24.2. The summed E-state index contributed by atoms with van der Waals surface area (Å²) in [6, 6.07) is 112. The van der Waals surface area contributed by atoms with Crippen molar-refractivity contribution < 1.29 is 0 Å². The third-order valence-electron chi connectivity index (χ3n) is 15.9. The smallest absolute Gasteiger partial charge is 0.0434 e. The maximum absolute atomic E-state index is 5.60. The van der Waals surface area contributed by atoms with Crippen LogP contribution in [0.15, 0.2) is 320 Å². The quantitative estimate of drug-likeness (QED) is 0.149. The van der Waals surface area contributed by atoms with Crippen molar-refractivity contribution in [3.8, 4) is 66.8 Å². The van der Waals surface area contributed by atoms with Crippen LogP contribution >= 0.6 is 38.6 Å². The van der Waals surface area contributed by atoms with Crippen molar-refractivity contribution in [2.24, 2.45) is 0 Å². The van der Waals surface area contributed by atoms with E-state index >= 15 is 0 Å². The van der Waals surface area contributed by atoms with Gasteiger partial charge in [0.1, 0.15) is 0 Å². The molecule has 2 aromatic heterocycles. The van der Waals surface area contributed by atoms with Crippen LogP contribution in [0.2, 0.25) is 0 Å². The van der Waals surface area contributed by atoms with Gasteiger partial charge in [0.25, 0.3) is 0 Å². The lowest BCUT2D eigenvalue weighted by atomic mass is 9.98. The van der Waals surface area contributed by atoms with Gasteiger partial charge in [-0.2, -0.15) is 0 Å². The van der Waals surface area contributed by atoms with Crippen molar-refractivity contribution in [2.75, 3.05) is 11.1 Å². The lowest BCUT2D eigenvalue weighted by Gasteiger charge is -2.10. The van der Waals surface area contributed by atoms with Crippen molar-refractivity contribution in [3.05, 3.63) is 320 Å². The molecule has 0 spiro atoms. The van der Waals surface area contributed by atoms with E-state index in [1.54, 1.807) is 0 Å². The van der Waals surface area contributed by atoms with E-state index in [-0.39, 0.29) is 0 Å². The number of hydrogen-bond donors (Lipinski definition) is 2. The molecule has 0 aliphatic heterocycles. The van der Waals surface area contributed by atoms with E-state index in [2.05, 4.69) is 288 Å². The standard InChI is InChI=1S/C40H27NS.C28H17BrS.C12H11N/c1-2-7-27(8-3-1)29-17-22-33(23-18-29)41-34-24-19-30(20-25-34)28-13-15-32(16-14-28)36-11-6-12-37-39-35-10-5-4-9-31(35)21-26-38(39)42-40(36)37;29-22-15-12-19(13-16-22)18-8-10-21(11-9-18)24-6-3-7-25-27-23-5-2-1-4-20(23)14-17-26(27)30-28(24)25;13-12-8-6-11(7-9-12)10-4-2-1-3-5-10/h1-26,41H;1-17H;1-9H,13H2. The minimum atomic E-state index is 0.805. The van der Waals surface area contributed by atoms with Crippen LogP contribution in [0.25, 0.3) is 129 Å². The topological polar surface area (TPSA) is 38.0 Å². The molecule has 16 rings (SSSR count). The van der Waals surface area contributed by atoms with Crippen LogP contribution in [0.4, 0.5) is 17.1 Å². The average molecular weight is 1190 g/mol. The highest BCUT2D eigenvalue weighted by atomic mass is 79.9. The Labute approximate surface area is 511 Å². The number of nitrogen functional groups attached to an aromatic ring is 1. The minimum Gasteiger partial charge on any atom is -0.399 e. The van der Waals surface area contributed by atoms with Gasteiger partial charge in [-0.1, -0.05) is 271 Å². The Morgan fingerprint density at radius 3 is 0.988 bits per heavy atom. The average Bonchev–Trinajstić information content (AvgIpc) is 2.60. The number of nitrogens with one attached hydrogen (secondary N) is 1. The molecule has 16 aromatic rings. The van der Waals surface area contributed by atoms with E-state index in [0.29, 0.717) is 0 Å². The first kappa shape index (κ1) is 53.1. The fraction of sp³-hybridized carbons (Fsp3) is 0. The molecule has 404 valence electrons. The van der Waals surface area contributed by atoms with Gasteiger partial charge in [-0.25, -0.2) is 0 Å². The van der Waals surface area contributed by atoms with Crippen LogP contribution < -0.4 is 11.1 Å². The van der Waals surface area contributed by atoms with Crippen LogP contribution in [0.5, 0.6) is 0 Å². The minimum absolute atomic E-state index is 0.805. The lowest BCUT2D eigenvalue weighted by molar-refractivity contribution is 1.53. The number of hydrogen-bond acceptors (Lipinski definition) is 4. The fourth-order valence-electron chi connectivity index (χ4n) is 11.5. The predicted molar refractivity (Wildman–Crippen MR) is 375 cm³/mol. The Kier molecular flexibility index (Phi) is 14.9. The predicted octanol–water partition coefficient (Wildman–Crippen LogP) is 24.2. The van der Waals surface area contributed by atoms with E-state index in [0.717, 1.165) is 21.5 Å². The van der Waals surface area contributed by atoms with Crippen LogP contribution in [0.1, 0.15) is 0 Å². The zero-order valence-corrected chi connectivity index (χ0v) is 49.5. The zero-order chi connectivity index (χ0) is 57.1. The fourth-order valence-corrected chi connectivity index (χ4v) is 14.3. The summed E-state index contributed by atoms with van der Waals surface area (Å²) in [7, 11) is 0. The first-order valence-corrected chi connectivity index (χ1v) is 30.9. The number of anilines is 3. The highest BCUT2D eigenvalue weighted by Crippen LogP contribution is 2.45. The highest BCUT2D eigenvalue weighted by Gasteiger charge is 2.15. The Hall–Kier alpha value is -9.88. The monoisotopic (exact) mass is 1190 g/mol. The Balaban J connectivity index is 0.000000129. The van der Waals surface area contributed by atoms with Gasteiger partial charge in [-0.15, -0.1) is 22.7 Å². The number of rotatable bonds is 8. The molecule has 3 N–H and O–H groups in total. The molecule has 2 heterocycles. The largest absolute Gasteiger partial charge is 0.399 e. The molecule has 85 heavy (non-hydrogen) atoms. The Bertz CT molecular complexity index is 4980. The van der Waals surface area contributed by atoms with Crippen molar-refractivity contribution in [2.45, 2.75) is 0 Å². The van der Waals surface area contributed by atoms with Crippen LogP contribution in [-0.2, 0) is 0 Å². The molecule has 0 aliphatic carbocycles. The molecule has 0 amide bonds. The summed E-state index contributed by atoms with van der Waals surface area (Å²) >= 11 is 7.30. The van der Waals surface area contributed by atoms with Crippen LogP contribution in [-0.4, -0.2) is 0 Å². The van der Waals surface area contributed by atoms with E-state index in [4.69, 9.17) is 5.73 Å². The number of halogens is 1. The van der Waals surface area contributed by atoms with Gasteiger partial charge < -0.3 is 11.1 Å². The third kappa shape index (κ3) is 11.1. The van der Waals surface area contributed by atoms with E-state index in [1.165, 1.54) is 129 Å². The zero-order valence-electron chi connectivity index (χ0n) is 46.3. The summed E-state index contributed by atoms with van der Waals surface area (Å²) in [5, 5.41) is 14.2. The molecule has 0 saturated carbocycles. The lowest BCUT2D eigenvalue weighted by Crippen LogP contribution is -1.90. The van der Waals surface area contributed by atoms with Gasteiger partial charge in [-0.3, -0.25) is 0 Å². The molecule has 0 bridgehead atoms. The van der Waals surface area contributed by atoms with Crippen molar-refractivity contribution in [1.82, 2.24) is 0 Å². The molecule has 0 fully saturated rings. The van der Waals surface area contributed by atoms with Gasteiger partial charge in [0.2, 0.25) is 0 Å². The molecule has 0 atom stereocenters. The summed E-state index contributed by atoms with van der Waals surface area (Å²) in [4.78, 5) is 0. The van der Waals surface area contributed by atoms with E-state index in [1.807, 2.05) is 71.2 Å². The number of nitrogens with two attached hydrogens (primary N) is 1. The van der Waals surface area contributed by atoms with Gasteiger partial charge >= 0.3 is 0 Å². The summed E-state index contributed by atoms with van der Waals surface area (Å²) in [6.45, 7) is 0. The summed E-state index contributed by atoms with van der Waals surface area (Å²) in [6.07, 6.45) is 0. The maximum Gasteiger partial charge on any atom is 0.0434 e. The van der Waals surface area contributed by atoms with Gasteiger partial charge in [0.05, 0.1) is 0 Å². The number of fused-ring (bicyclic) bond motifs is 10. The number of thiophene rings is 2. The summed E-state index contributed by atoms with van der Waals surface area (Å²) in [5.41, 5.74) is 23.4. The molecule has 0 radical (unpaired) electrons. The SMILES string of the molecule is Brc1ccc(-c2ccc(-c3cccc4c3sc3ccc5ccccc5c34)cc2)cc1.Nc1ccc(-c2ccccc2)cc1.c1ccc(-c2ccc(Nc3ccc(-c4ccc(-c5cccc6c5sc5ccc7ccccc7c56)cc4)cc3)cc2)cc1. The van der Waals surface area contributed by atoms with Crippen LogP contribution in [0.3, 0.4) is 0 Å². The molecule has 14 aromatic carbocycles. The molecule has 0 aliphatic rings. The molecule has 0 saturated heterocycles. The summed E-state index contributed by atoms with van der Waals surface area (Å²) < 4.78 is 6.51. The van der Waals surface area contributed by atoms with Crippen molar-refractivity contribution >= 4 is 118 Å². The normalized spacial score (nSPS) is 11.2. The van der Waals surface area contributed by atoms with Gasteiger partial charge in [0.15, 0.2) is 0 Å². The Morgan fingerprint density at radius 2 is 0.576 bits per heavy atom. The molecular weight excluding hydrogens is 1130 g/mol.